The topological polar surface area (TPSA) is 38.0 Å². The summed E-state index contributed by atoms with van der Waals surface area (Å²) in [6, 6.07) is 5.29. The van der Waals surface area contributed by atoms with Gasteiger partial charge in [-0.3, -0.25) is 11.3 Å². The predicted molar refractivity (Wildman–Crippen MR) is 80.0 cm³/mol. The van der Waals surface area contributed by atoms with Crippen molar-refractivity contribution in [3.8, 4) is 0 Å². The molecule has 1 aliphatic carbocycles. The van der Waals surface area contributed by atoms with Crippen LogP contribution < -0.4 is 11.3 Å². The summed E-state index contributed by atoms with van der Waals surface area (Å²) < 4.78 is 14.2. The van der Waals surface area contributed by atoms with E-state index in [1.165, 1.54) is 31.7 Å². The van der Waals surface area contributed by atoms with Crippen molar-refractivity contribution < 1.29 is 4.39 Å². The summed E-state index contributed by atoms with van der Waals surface area (Å²) in [4.78, 5) is 0. The van der Waals surface area contributed by atoms with Crippen molar-refractivity contribution in [1.29, 1.82) is 0 Å². The van der Waals surface area contributed by atoms with E-state index in [0.717, 1.165) is 22.4 Å². The minimum atomic E-state index is -0.196. The summed E-state index contributed by atoms with van der Waals surface area (Å²) in [5.41, 5.74) is 3.93. The first-order chi connectivity index (χ1) is 9.12. The summed E-state index contributed by atoms with van der Waals surface area (Å²) >= 11 is 3.34. The van der Waals surface area contributed by atoms with Gasteiger partial charge in [-0.05, 0) is 54.9 Å². The molecule has 4 heteroatoms. The van der Waals surface area contributed by atoms with Gasteiger partial charge in [0.1, 0.15) is 5.82 Å². The van der Waals surface area contributed by atoms with Crippen LogP contribution in [0.1, 0.15) is 38.2 Å². The molecule has 3 atom stereocenters. The number of benzene rings is 1. The van der Waals surface area contributed by atoms with Gasteiger partial charge in [-0.1, -0.05) is 35.7 Å². The fourth-order valence-electron chi connectivity index (χ4n) is 3.19. The van der Waals surface area contributed by atoms with Crippen molar-refractivity contribution in [3.63, 3.8) is 0 Å². The first-order valence-corrected chi connectivity index (χ1v) is 7.82. The van der Waals surface area contributed by atoms with Crippen LogP contribution in [0, 0.1) is 17.7 Å². The van der Waals surface area contributed by atoms with E-state index in [0.29, 0.717) is 5.92 Å². The van der Waals surface area contributed by atoms with Crippen molar-refractivity contribution in [1.82, 2.24) is 5.43 Å². The number of halogens is 2. The Hall–Kier alpha value is -0.450. The molecule has 0 radical (unpaired) electrons. The molecule has 1 saturated carbocycles. The molecule has 1 aliphatic rings. The van der Waals surface area contributed by atoms with Crippen molar-refractivity contribution in [3.05, 3.63) is 34.1 Å². The number of nitrogens with two attached hydrogens (primary N) is 1. The molecule has 0 bridgehead atoms. The van der Waals surface area contributed by atoms with Crippen molar-refractivity contribution in [2.75, 3.05) is 0 Å². The average molecular weight is 329 g/mol. The lowest BCUT2D eigenvalue weighted by Crippen LogP contribution is -2.41. The second-order valence-corrected chi connectivity index (χ2v) is 6.52. The van der Waals surface area contributed by atoms with Crippen LogP contribution in [-0.4, -0.2) is 6.04 Å². The van der Waals surface area contributed by atoms with Crippen LogP contribution in [0.2, 0.25) is 0 Å². The fourth-order valence-corrected chi connectivity index (χ4v) is 3.71. The Labute approximate surface area is 123 Å². The minimum Gasteiger partial charge on any atom is -0.271 e. The molecule has 0 saturated heterocycles. The van der Waals surface area contributed by atoms with E-state index < -0.39 is 0 Å². The zero-order valence-corrected chi connectivity index (χ0v) is 12.9. The first kappa shape index (κ1) is 14.9. The molecule has 0 heterocycles. The zero-order chi connectivity index (χ0) is 13.8. The maximum atomic E-state index is 13.4. The van der Waals surface area contributed by atoms with Gasteiger partial charge >= 0.3 is 0 Å². The van der Waals surface area contributed by atoms with Gasteiger partial charge in [-0.2, -0.15) is 0 Å². The molecule has 1 fully saturated rings. The van der Waals surface area contributed by atoms with E-state index in [9.17, 15) is 4.39 Å². The Kier molecular flexibility index (Phi) is 5.37. The molecule has 0 aliphatic heterocycles. The van der Waals surface area contributed by atoms with Crippen molar-refractivity contribution in [2.24, 2.45) is 17.7 Å². The molecule has 106 valence electrons. The third kappa shape index (κ3) is 4.01. The second kappa shape index (κ2) is 6.82. The third-order valence-corrected chi connectivity index (χ3v) is 4.78. The lowest BCUT2D eigenvalue weighted by Gasteiger charge is -2.23. The summed E-state index contributed by atoms with van der Waals surface area (Å²) in [6.07, 6.45) is 5.80. The standard InChI is InChI=1S/C15H22BrFN2/c1-2-10-3-4-12(5-10)15(19-18)8-11-6-13(16)9-14(17)7-11/h6-7,9-10,12,15,19H,2-5,8,18H2,1H3. The molecular formula is C15H22BrFN2. The highest BCUT2D eigenvalue weighted by molar-refractivity contribution is 9.10. The monoisotopic (exact) mass is 328 g/mol. The van der Waals surface area contributed by atoms with Crippen LogP contribution in [0.25, 0.3) is 0 Å². The van der Waals surface area contributed by atoms with Crippen LogP contribution in [0.4, 0.5) is 4.39 Å². The van der Waals surface area contributed by atoms with Gasteiger partial charge < -0.3 is 0 Å². The summed E-state index contributed by atoms with van der Waals surface area (Å²) in [5, 5.41) is 0. The Morgan fingerprint density at radius 2 is 2.21 bits per heavy atom. The van der Waals surface area contributed by atoms with E-state index >= 15 is 0 Å². The van der Waals surface area contributed by atoms with E-state index in [2.05, 4.69) is 28.3 Å². The molecule has 0 spiro atoms. The number of nitrogens with one attached hydrogen (secondary N) is 1. The smallest absolute Gasteiger partial charge is 0.124 e. The Bertz CT molecular complexity index is 404. The van der Waals surface area contributed by atoms with E-state index in [1.54, 1.807) is 6.07 Å². The van der Waals surface area contributed by atoms with Gasteiger partial charge in [0, 0.05) is 10.5 Å². The van der Waals surface area contributed by atoms with Gasteiger partial charge in [0.2, 0.25) is 0 Å². The van der Waals surface area contributed by atoms with Crippen LogP contribution in [-0.2, 0) is 6.42 Å². The maximum Gasteiger partial charge on any atom is 0.124 e. The lowest BCUT2D eigenvalue weighted by molar-refractivity contribution is 0.347. The molecule has 19 heavy (non-hydrogen) atoms. The van der Waals surface area contributed by atoms with Crippen LogP contribution in [0.5, 0.6) is 0 Å². The molecule has 1 aromatic rings. The third-order valence-electron chi connectivity index (χ3n) is 4.32. The predicted octanol–water partition coefficient (Wildman–Crippen LogP) is 3.79. The molecule has 0 aromatic heterocycles. The fraction of sp³-hybridized carbons (Fsp3) is 0.600. The van der Waals surface area contributed by atoms with Crippen molar-refractivity contribution in [2.45, 2.75) is 45.1 Å². The Morgan fingerprint density at radius 1 is 1.42 bits per heavy atom. The minimum absolute atomic E-state index is 0.196. The van der Waals surface area contributed by atoms with E-state index in [4.69, 9.17) is 5.84 Å². The number of hydrogen-bond donors (Lipinski definition) is 2. The van der Waals surface area contributed by atoms with E-state index in [-0.39, 0.29) is 11.9 Å². The quantitative estimate of drug-likeness (QED) is 0.637. The molecule has 2 rings (SSSR count). The largest absolute Gasteiger partial charge is 0.271 e. The van der Waals surface area contributed by atoms with Gasteiger partial charge in [-0.25, -0.2) is 4.39 Å². The summed E-state index contributed by atoms with van der Waals surface area (Å²) in [5.74, 6) is 6.95. The normalized spacial score (nSPS) is 24.6. The zero-order valence-electron chi connectivity index (χ0n) is 11.3. The second-order valence-electron chi connectivity index (χ2n) is 5.60. The van der Waals surface area contributed by atoms with Gasteiger partial charge in [0.05, 0.1) is 0 Å². The maximum absolute atomic E-state index is 13.4. The highest BCUT2D eigenvalue weighted by Gasteiger charge is 2.29. The van der Waals surface area contributed by atoms with Gasteiger partial charge in [-0.15, -0.1) is 0 Å². The molecular weight excluding hydrogens is 307 g/mol. The lowest BCUT2D eigenvalue weighted by atomic mass is 9.91. The molecule has 2 nitrogen and oxygen atoms in total. The Balaban J connectivity index is 2.02. The van der Waals surface area contributed by atoms with Gasteiger partial charge in [0.25, 0.3) is 0 Å². The number of rotatable bonds is 5. The SMILES string of the molecule is CCC1CCC(C(Cc2cc(F)cc(Br)c2)NN)C1. The molecule has 3 N–H and O–H groups in total. The molecule has 0 amide bonds. The summed E-state index contributed by atoms with van der Waals surface area (Å²) in [6.45, 7) is 2.25. The average Bonchev–Trinajstić information content (AvgIpc) is 2.83. The van der Waals surface area contributed by atoms with Gasteiger partial charge in [0.15, 0.2) is 0 Å². The molecule has 3 unspecified atom stereocenters. The summed E-state index contributed by atoms with van der Waals surface area (Å²) in [7, 11) is 0. The van der Waals surface area contributed by atoms with Crippen LogP contribution in [0.3, 0.4) is 0 Å². The highest BCUT2D eigenvalue weighted by Crippen LogP contribution is 2.35. The molecule has 1 aromatic carbocycles. The highest BCUT2D eigenvalue weighted by atomic mass is 79.9. The first-order valence-electron chi connectivity index (χ1n) is 7.03. The van der Waals surface area contributed by atoms with E-state index in [1.807, 2.05) is 6.07 Å². The number of hydrazine groups is 1. The van der Waals surface area contributed by atoms with Crippen molar-refractivity contribution >= 4 is 15.9 Å². The Morgan fingerprint density at radius 3 is 2.79 bits per heavy atom. The number of hydrogen-bond acceptors (Lipinski definition) is 2. The van der Waals surface area contributed by atoms with Crippen LogP contribution in [0.15, 0.2) is 22.7 Å². The van der Waals surface area contributed by atoms with Crippen LogP contribution >= 0.6 is 15.9 Å².